The van der Waals surface area contributed by atoms with Crippen LogP contribution < -0.4 is 5.84 Å². The molecule has 0 aromatic heterocycles. The lowest BCUT2D eigenvalue weighted by Gasteiger charge is -2.09. The monoisotopic (exact) mass is 282 g/mol. The maximum absolute atomic E-state index is 12.3. The molecule has 0 aliphatic carbocycles. The van der Waals surface area contributed by atoms with Crippen molar-refractivity contribution in [2.45, 2.75) is 6.18 Å². The summed E-state index contributed by atoms with van der Waals surface area (Å²) in [5.74, 6) is 4.46. The number of halogens is 4. The van der Waals surface area contributed by atoms with E-state index in [0.29, 0.717) is 0 Å². The number of hydrazone groups is 1. The number of rotatable bonds is 1. The quantitative estimate of drug-likeness (QED) is 0.472. The van der Waals surface area contributed by atoms with Gasteiger partial charge in [-0.2, -0.15) is 18.3 Å². The number of phenols is 1. The van der Waals surface area contributed by atoms with E-state index >= 15 is 0 Å². The molecule has 3 nitrogen and oxygen atoms in total. The predicted molar refractivity (Wildman–Crippen MR) is 52.6 cm³/mol. The average molecular weight is 283 g/mol. The number of hydrogen-bond donors (Lipinski definition) is 2. The van der Waals surface area contributed by atoms with Gasteiger partial charge < -0.3 is 10.9 Å². The lowest BCUT2D eigenvalue weighted by Crippen LogP contribution is -2.06. The second kappa shape index (κ2) is 4.09. The van der Waals surface area contributed by atoms with Gasteiger partial charge in [-0.1, -0.05) is 0 Å². The largest absolute Gasteiger partial charge is 0.506 e. The zero-order valence-electron chi connectivity index (χ0n) is 7.22. The van der Waals surface area contributed by atoms with E-state index in [9.17, 15) is 18.3 Å². The Morgan fingerprint density at radius 3 is 2.47 bits per heavy atom. The van der Waals surface area contributed by atoms with Gasteiger partial charge in [0.25, 0.3) is 0 Å². The highest BCUT2D eigenvalue weighted by molar-refractivity contribution is 9.10. The van der Waals surface area contributed by atoms with E-state index in [-0.39, 0.29) is 15.8 Å². The molecule has 0 heterocycles. The van der Waals surface area contributed by atoms with Crippen molar-refractivity contribution in [1.29, 1.82) is 0 Å². The topological polar surface area (TPSA) is 58.6 Å². The van der Waals surface area contributed by atoms with Crippen LogP contribution in [-0.4, -0.2) is 11.3 Å². The summed E-state index contributed by atoms with van der Waals surface area (Å²) >= 11 is 2.81. The van der Waals surface area contributed by atoms with Crippen LogP contribution in [0.15, 0.2) is 21.7 Å². The van der Waals surface area contributed by atoms with Gasteiger partial charge in [0, 0.05) is 5.56 Å². The van der Waals surface area contributed by atoms with E-state index in [0.717, 1.165) is 18.3 Å². The minimum atomic E-state index is -4.48. The number of aromatic hydroxyl groups is 1. The van der Waals surface area contributed by atoms with E-state index < -0.39 is 11.7 Å². The summed E-state index contributed by atoms with van der Waals surface area (Å²) < 4.78 is 37.0. The Labute approximate surface area is 91.5 Å². The molecule has 0 atom stereocenters. The number of benzene rings is 1. The summed E-state index contributed by atoms with van der Waals surface area (Å²) in [5, 5.41) is 12.4. The maximum atomic E-state index is 12.3. The fourth-order valence-electron chi connectivity index (χ4n) is 0.963. The van der Waals surface area contributed by atoms with Gasteiger partial charge in [-0.15, -0.1) is 0 Å². The molecule has 0 saturated heterocycles. The third-order valence-electron chi connectivity index (χ3n) is 1.63. The molecule has 0 saturated carbocycles. The number of phenolic OH excluding ortho intramolecular Hbond substituents is 1. The molecule has 0 unspecified atom stereocenters. The van der Waals surface area contributed by atoms with Crippen molar-refractivity contribution in [2.75, 3.05) is 0 Å². The van der Waals surface area contributed by atoms with Crippen LogP contribution in [0.2, 0.25) is 0 Å². The van der Waals surface area contributed by atoms with Gasteiger partial charge in [0.1, 0.15) is 5.75 Å². The Morgan fingerprint density at radius 2 is 2.00 bits per heavy atom. The van der Waals surface area contributed by atoms with E-state index in [1.54, 1.807) is 0 Å². The summed E-state index contributed by atoms with van der Waals surface area (Å²) in [5.41, 5.74) is -0.985. The Morgan fingerprint density at radius 1 is 1.40 bits per heavy atom. The van der Waals surface area contributed by atoms with E-state index in [1.807, 2.05) is 0 Å². The second-order valence-electron chi connectivity index (χ2n) is 2.67. The summed E-state index contributed by atoms with van der Waals surface area (Å²) in [6, 6.07) is 1.54. The van der Waals surface area contributed by atoms with Gasteiger partial charge in [0.05, 0.1) is 16.3 Å². The fourth-order valence-corrected chi connectivity index (χ4v) is 1.44. The third kappa shape index (κ3) is 2.62. The van der Waals surface area contributed by atoms with Gasteiger partial charge in [-0.25, -0.2) is 0 Å². The number of hydrogen-bond acceptors (Lipinski definition) is 3. The smallest absolute Gasteiger partial charge is 0.416 e. The van der Waals surface area contributed by atoms with Crippen LogP contribution in [0, 0.1) is 0 Å². The molecular weight excluding hydrogens is 277 g/mol. The highest BCUT2D eigenvalue weighted by Crippen LogP contribution is 2.36. The molecule has 0 amide bonds. The molecule has 3 N–H and O–H groups in total. The SMILES string of the molecule is NN=Cc1cc(C(F)(F)F)cc(Br)c1O. The molecule has 0 aliphatic rings. The molecule has 0 radical (unpaired) electrons. The summed E-state index contributed by atoms with van der Waals surface area (Å²) in [7, 11) is 0. The highest BCUT2D eigenvalue weighted by atomic mass is 79.9. The zero-order chi connectivity index (χ0) is 11.6. The minimum absolute atomic E-state index is 0.0628. The molecule has 0 fully saturated rings. The zero-order valence-corrected chi connectivity index (χ0v) is 8.80. The molecule has 0 aliphatic heterocycles. The lowest BCUT2D eigenvalue weighted by atomic mass is 10.1. The Hall–Kier alpha value is -1.24. The van der Waals surface area contributed by atoms with E-state index in [2.05, 4.69) is 21.0 Å². The summed E-state index contributed by atoms with van der Waals surface area (Å²) in [6.07, 6.45) is -3.54. The Kier molecular flexibility index (Phi) is 3.23. The first-order chi connectivity index (χ1) is 6.86. The minimum Gasteiger partial charge on any atom is -0.506 e. The second-order valence-corrected chi connectivity index (χ2v) is 3.53. The van der Waals surface area contributed by atoms with Crippen LogP contribution in [0.3, 0.4) is 0 Å². The molecule has 15 heavy (non-hydrogen) atoms. The molecule has 1 aromatic rings. The van der Waals surface area contributed by atoms with Gasteiger partial charge in [0.15, 0.2) is 0 Å². The summed E-state index contributed by atoms with van der Waals surface area (Å²) in [6.45, 7) is 0. The number of nitrogens with zero attached hydrogens (tertiary/aromatic N) is 1. The average Bonchev–Trinajstić information content (AvgIpc) is 2.11. The van der Waals surface area contributed by atoms with Crippen molar-refractivity contribution in [3.8, 4) is 5.75 Å². The molecule has 1 aromatic carbocycles. The van der Waals surface area contributed by atoms with Crippen LogP contribution in [0.4, 0.5) is 13.2 Å². The first-order valence-electron chi connectivity index (χ1n) is 3.69. The molecular formula is C8H6BrF3N2O. The van der Waals surface area contributed by atoms with Crippen LogP contribution >= 0.6 is 15.9 Å². The lowest BCUT2D eigenvalue weighted by molar-refractivity contribution is -0.137. The van der Waals surface area contributed by atoms with Crippen LogP contribution in [0.1, 0.15) is 11.1 Å². The van der Waals surface area contributed by atoms with Gasteiger partial charge in [0.2, 0.25) is 0 Å². The number of alkyl halides is 3. The summed E-state index contributed by atoms with van der Waals surface area (Å²) in [4.78, 5) is 0. The normalized spacial score (nSPS) is 12.3. The predicted octanol–water partition coefficient (Wildman–Crippen LogP) is 2.47. The number of nitrogens with two attached hydrogens (primary N) is 1. The highest BCUT2D eigenvalue weighted by Gasteiger charge is 2.31. The first kappa shape index (κ1) is 11.8. The molecule has 1 rings (SSSR count). The van der Waals surface area contributed by atoms with Gasteiger partial charge in [-0.3, -0.25) is 0 Å². The van der Waals surface area contributed by atoms with Crippen LogP contribution in [-0.2, 0) is 6.18 Å². The fraction of sp³-hybridized carbons (Fsp3) is 0.125. The Balaban J connectivity index is 3.36. The molecule has 7 heteroatoms. The molecule has 0 bridgehead atoms. The van der Waals surface area contributed by atoms with Crippen LogP contribution in [0.25, 0.3) is 0 Å². The molecule has 0 spiro atoms. The van der Waals surface area contributed by atoms with Crippen molar-refractivity contribution in [3.63, 3.8) is 0 Å². The van der Waals surface area contributed by atoms with Crippen molar-refractivity contribution >= 4 is 22.1 Å². The van der Waals surface area contributed by atoms with Crippen LogP contribution in [0.5, 0.6) is 5.75 Å². The van der Waals surface area contributed by atoms with E-state index in [1.165, 1.54) is 0 Å². The van der Waals surface area contributed by atoms with E-state index in [4.69, 9.17) is 5.84 Å². The van der Waals surface area contributed by atoms with Crippen molar-refractivity contribution < 1.29 is 18.3 Å². The van der Waals surface area contributed by atoms with Crippen molar-refractivity contribution in [3.05, 3.63) is 27.7 Å². The standard InChI is InChI=1S/C8H6BrF3N2O/c9-6-2-5(8(10,11)12)1-4(3-14-13)7(6)15/h1-3,15H,13H2. The van der Waals surface area contributed by atoms with Gasteiger partial charge >= 0.3 is 6.18 Å². The van der Waals surface area contributed by atoms with Crippen molar-refractivity contribution in [2.24, 2.45) is 10.9 Å². The Bertz CT molecular complexity index is 404. The van der Waals surface area contributed by atoms with Crippen molar-refractivity contribution in [1.82, 2.24) is 0 Å². The molecule has 82 valence electrons. The van der Waals surface area contributed by atoms with Gasteiger partial charge in [-0.05, 0) is 28.1 Å². The third-order valence-corrected chi connectivity index (χ3v) is 2.24. The maximum Gasteiger partial charge on any atom is 0.416 e. The first-order valence-corrected chi connectivity index (χ1v) is 4.48.